The summed E-state index contributed by atoms with van der Waals surface area (Å²) in [6.45, 7) is 12.0. The van der Waals surface area contributed by atoms with E-state index in [1.54, 1.807) is 28.6 Å². The highest BCUT2D eigenvalue weighted by Gasteiger charge is 2.36. The van der Waals surface area contributed by atoms with Crippen LogP contribution in [0.2, 0.25) is 0 Å². The van der Waals surface area contributed by atoms with Gasteiger partial charge in [0.05, 0.1) is 36.7 Å². The number of hydrogen-bond donors (Lipinski definition) is 0. The van der Waals surface area contributed by atoms with Crippen molar-refractivity contribution < 1.29 is 9.47 Å². The van der Waals surface area contributed by atoms with Crippen molar-refractivity contribution in [1.82, 2.24) is 19.2 Å². The average Bonchev–Trinajstić information content (AvgIpc) is 3.32. The largest absolute Gasteiger partial charge is 0.485 e. The fourth-order valence-electron chi connectivity index (χ4n) is 5.78. The summed E-state index contributed by atoms with van der Waals surface area (Å²) < 4.78 is 14.6. The lowest BCUT2D eigenvalue weighted by molar-refractivity contribution is -0.0799. The van der Waals surface area contributed by atoms with Gasteiger partial charge in [-0.25, -0.2) is 0 Å². The van der Waals surface area contributed by atoms with Crippen LogP contribution in [0.15, 0.2) is 35.3 Å². The van der Waals surface area contributed by atoms with E-state index in [9.17, 15) is 10.1 Å². The van der Waals surface area contributed by atoms with Crippen LogP contribution in [0.4, 0.5) is 5.69 Å². The lowest BCUT2D eigenvalue weighted by Crippen LogP contribution is -2.58. The number of nitriles is 1. The van der Waals surface area contributed by atoms with Gasteiger partial charge in [0.1, 0.15) is 23.9 Å². The van der Waals surface area contributed by atoms with Crippen LogP contribution < -0.4 is 15.2 Å². The third-order valence-corrected chi connectivity index (χ3v) is 8.24. The highest BCUT2D eigenvalue weighted by atomic mass is 16.6. The average molecular weight is 519 g/mol. The molecule has 0 spiro atoms. The van der Waals surface area contributed by atoms with Gasteiger partial charge in [-0.05, 0) is 43.9 Å². The fourth-order valence-corrected chi connectivity index (χ4v) is 5.78. The lowest BCUT2D eigenvalue weighted by Gasteiger charge is -2.49. The zero-order valence-corrected chi connectivity index (χ0v) is 23.1. The van der Waals surface area contributed by atoms with E-state index in [1.807, 2.05) is 0 Å². The summed E-state index contributed by atoms with van der Waals surface area (Å²) in [7, 11) is 1.76. The van der Waals surface area contributed by atoms with Crippen molar-refractivity contribution >= 4 is 16.7 Å². The first-order valence-electron chi connectivity index (χ1n) is 13.7. The van der Waals surface area contributed by atoms with E-state index in [4.69, 9.17) is 14.6 Å². The quantitative estimate of drug-likeness (QED) is 0.448. The molecular weight excluding hydrogens is 480 g/mol. The molecule has 202 valence electrons. The molecule has 9 nitrogen and oxygen atoms in total. The molecule has 5 rings (SSSR count). The van der Waals surface area contributed by atoms with Gasteiger partial charge in [-0.3, -0.25) is 14.4 Å². The van der Waals surface area contributed by atoms with Gasteiger partial charge in [-0.15, -0.1) is 0 Å². The second-order valence-electron chi connectivity index (χ2n) is 10.6. The molecule has 3 atom stereocenters. The molecule has 2 saturated heterocycles. The Morgan fingerprint density at radius 2 is 1.95 bits per heavy atom. The predicted octanol–water partition coefficient (Wildman–Crippen LogP) is 3.79. The van der Waals surface area contributed by atoms with Crippen molar-refractivity contribution in [2.24, 2.45) is 7.05 Å². The first-order chi connectivity index (χ1) is 18.3. The number of aryl methyl sites for hydroxylation is 2. The Labute approximate surface area is 224 Å². The van der Waals surface area contributed by atoms with Crippen molar-refractivity contribution in [3.05, 3.63) is 51.9 Å². The molecule has 1 unspecified atom stereocenters. The monoisotopic (exact) mass is 518 g/mol. The minimum Gasteiger partial charge on any atom is -0.485 e. The molecule has 2 fully saturated rings. The summed E-state index contributed by atoms with van der Waals surface area (Å²) in [4.78, 5) is 17.9. The topological polar surface area (TPSA) is 88.5 Å². The Kier molecular flexibility index (Phi) is 7.46. The molecule has 2 aliphatic heterocycles. The van der Waals surface area contributed by atoms with Crippen LogP contribution in [0.3, 0.4) is 0 Å². The SMILES string of the molecule is CC[C@H]1CN(C(C)c2ccc(OC3COC3)c(C)c2)[C@H](CC)CN1c1cc(=O)n(C)c2cn(CC#N)nc12. The summed E-state index contributed by atoms with van der Waals surface area (Å²) in [5.41, 5.74) is 4.78. The van der Waals surface area contributed by atoms with E-state index in [0.717, 1.165) is 54.0 Å². The molecule has 1 aromatic carbocycles. The molecule has 3 aromatic rings. The molecule has 0 N–H and O–H groups in total. The number of pyridine rings is 1. The van der Waals surface area contributed by atoms with Crippen molar-refractivity contribution in [1.29, 1.82) is 5.26 Å². The number of nitrogens with zero attached hydrogens (tertiary/aromatic N) is 6. The number of rotatable bonds is 8. The number of hydrogen-bond acceptors (Lipinski definition) is 7. The highest BCUT2D eigenvalue weighted by Crippen LogP contribution is 2.35. The van der Waals surface area contributed by atoms with Crippen molar-refractivity contribution in [3.8, 4) is 11.8 Å². The molecule has 2 aliphatic rings. The van der Waals surface area contributed by atoms with Crippen LogP contribution in [0.25, 0.3) is 11.0 Å². The maximum absolute atomic E-state index is 12.9. The van der Waals surface area contributed by atoms with E-state index in [2.05, 4.69) is 61.8 Å². The molecule has 38 heavy (non-hydrogen) atoms. The summed E-state index contributed by atoms with van der Waals surface area (Å²) >= 11 is 0. The van der Waals surface area contributed by atoms with Crippen LogP contribution in [0, 0.1) is 18.3 Å². The molecular formula is C29H38N6O3. The van der Waals surface area contributed by atoms with Gasteiger partial charge in [0.25, 0.3) is 5.56 Å². The number of aromatic nitrogens is 3. The maximum atomic E-state index is 12.9. The van der Waals surface area contributed by atoms with Crippen LogP contribution >= 0.6 is 0 Å². The predicted molar refractivity (Wildman–Crippen MR) is 148 cm³/mol. The second kappa shape index (κ2) is 10.8. The number of piperazine rings is 1. The standard InChI is InChI=1S/C29H38N6O3/c1-6-22-15-35(25-13-28(36)32(5)26-16-33(11-10-30)31-29(25)26)23(7-2)14-34(22)20(4)21-8-9-27(19(3)12-21)38-24-17-37-18-24/h8-9,12-13,16,20,22-24H,6-7,11,14-15,17-18H2,1-5H3/t20?,22-,23+/m1/s1. The molecule has 0 saturated carbocycles. The Balaban J connectivity index is 1.43. The molecule has 4 heterocycles. The Morgan fingerprint density at radius 1 is 1.18 bits per heavy atom. The first kappa shape index (κ1) is 26.3. The summed E-state index contributed by atoms with van der Waals surface area (Å²) in [6, 6.07) is 11.2. The van der Waals surface area contributed by atoms with E-state index >= 15 is 0 Å². The molecule has 0 aliphatic carbocycles. The summed E-state index contributed by atoms with van der Waals surface area (Å²) in [5, 5.41) is 13.9. The first-order valence-corrected chi connectivity index (χ1v) is 13.7. The zero-order valence-electron chi connectivity index (χ0n) is 23.1. The summed E-state index contributed by atoms with van der Waals surface area (Å²) in [6.07, 6.45) is 3.90. The van der Waals surface area contributed by atoms with E-state index in [0.29, 0.717) is 19.3 Å². The molecule has 0 bridgehead atoms. The van der Waals surface area contributed by atoms with Crippen LogP contribution in [-0.2, 0) is 18.3 Å². The van der Waals surface area contributed by atoms with E-state index < -0.39 is 0 Å². The van der Waals surface area contributed by atoms with Gasteiger partial charge < -0.3 is 18.9 Å². The Morgan fingerprint density at radius 3 is 2.58 bits per heavy atom. The van der Waals surface area contributed by atoms with Crippen LogP contribution in [0.5, 0.6) is 5.75 Å². The van der Waals surface area contributed by atoms with Crippen molar-refractivity contribution in [3.63, 3.8) is 0 Å². The van der Waals surface area contributed by atoms with Gasteiger partial charge >= 0.3 is 0 Å². The van der Waals surface area contributed by atoms with Gasteiger partial charge in [-0.1, -0.05) is 26.0 Å². The molecule has 0 radical (unpaired) electrons. The fraction of sp³-hybridized carbons (Fsp3) is 0.552. The third-order valence-electron chi connectivity index (χ3n) is 8.24. The van der Waals surface area contributed by atoms with Crippen molar-refractivity contribution in [2.75, 3.05) is 31.2 Å². The minimum atomic E-state index is -0.0612. The second-order valence-corrected chi connectivity index (χ2v) is 10.6. The molecule has 9 heteroatoms. The van der Waals surface area contributed by atoms with Crippen LogP contribution in [-0.4, -0.2) is 63.7 Å². The Hall–Kier alpha value is -3.35. The van der Waals surface area contributed by atoms with E-state index in [1.165, 1.54) is 5.56 Å². The molecule has 0 amide bonds. The van der Waals surface area contributed by atoms with Crippen molar-refractivity contribution in [2.45, 2.75) is 71.3 Å². The third kappa shape index (κ3) is 4.79. The normalized spacial score (nSPS) is 21.3. The van der Waals surface area contributed by atoms with Crippen LogP contribution in [0.1, 0.15) is 50.8 Å². The highest BCUT2D eigenvalue weighted by molar-refractivity contribution is 5.88. The lowest BCUT2D eigenvalue weighted by atomic mass is 9.95. The van der Waals surface area contributed by atoms with Gasteiger partial charge in [0.15, 0.2) is 0 Å². The van der Waals surface area contributed by atoms with E-state index in [-0.39, 0.29) is 30.3 Å². The number of benzene rings is 1. The summed E-state index contributed by atoms with van der Waals surface area (Å²) in [5.74, 6) is 0.933. The number of ether oxygens (including phenoxy) is 2. The molecule has 2 aromatic heterocycles. The van der Waals surface area contributed by atoms with Gasteiger partial charge in [-0.2, -0.15) is 10.4 Å². The minimum absolute atomic E-state index is 0.0612. The maximum Gasteiger partial charge on any atom is 0.252 e. The number of fused-ring (bicyclic) bond motifs is 1. The zero-order chi connectivity index (χ0) is 27.0. The Bertz CT molecular complexity index is 1400. The number of anilines is 1. The van der Waals surface area contributed by atoms with Gasteiger partial charge in [0.2, 0.25) is 0 Å². The smallest absolute Gasteiger partial charge is 0.252 e. The van der Waals surface area contributed by atoms with Gasteiger partial charge in [0, 0.05) is 44.3 Å².